The summed E-state index contributed by atoms with van der Waals surface area (Å²) >= 11 is 0. The maximum Gasteiger partial charge on any atom is 0.327 e. The molecular formula is C35H72O4. The van der Waals surface area contributed by atoms with Gasteiger partial charge in [0.25, 0.3) is 0 Å². The van der Waals surface area contributed by atoms with Gasteiger partial charge < -0.3 is 15.3 Å². The van der Waals surface area contributed by atoms with Crippen molar-refractivity contribution < 1.29 is 20.1 Å². The molecule has 0 spiro atoms. The molecule has 0 aliphatic heterocycles. The van der Waals surface area contributed by atoms with Crippen LogP contribution in [0.15, 0.2) is 12.7 Å². The molecule has 0 amide bonds. The van der Waals surface area contributed by atoms with E-state index in [0.717, 1.165) is 20.3 Å². The first-order valence-electron chi connectivity index (χ1n) is 17.0. The van der Waals surface area contributed by atoms with E-state index < -0.39 is 5.97 Å². The van der Waals surface area contributed by atoms with Gasteiger partial charge >= 0.3 is 5.97 Å². The highest BCUT2D eigenvalue weighted by Gasteiger charge is 1.97. The Balaban J connectivity index is -0.000000434. The predicted octanol–water partition coefficient (Wildman–Crippen LogP) is 11.2. The zero-order valence-electron chi connectivity index (χ0n) is 26.7. The van der Waals surface area contributed by atoms with Crippen molar-refractivity contribution in [1.82, 2.24) is 0 Å². The number of hydrogen-bond donors (Lipinski definition) is 3. The van der Waals surface area contributed by atoms with Crippen molar-refractivity contribution in [2.75, 3.05) is 14.2 Å². The van der Waals surface area contributed by atoms with E-state index in [4.69, 9.17) is 15.3 Å². The molecule has 236 valence electrons. The lowest BCUT2D eigenvalue weighted by molar-refractivity contribution is -0.131. The number of hydrogen-bond acceptors (Lipinski definition) is 3. The van der Waals surface area contributed by atoms with Crippen LogP contribution in [0.2, 0.25) is 0 Å². The molecule has 4 heteroatoms. The summed E-state index contributed by atoms with van der Waals surface area (Å²) in [5.41, 5.74) is 0. The van der Waals surface area contributed by atoms with Crippen molar-refractivity contribution in [2.45, 2.75) is 193 Å². The molecule has 0 saturated heterocycles. The lowest BCUT2D eigenvalue weighted by Crippen LogP contribution is -1.85. The van der Waals surface area contributed by atoms with Crippen LogP contribution in [0.4, 0.5) is 0 Å². The van der Waals surface area contributed by atoms with Gasteiger partial charge in [0.05, 0.1) is 0 Å². The number of carbonyl (C=O) groups is 1. The van der Waals surface area contributed by atoms with Gasteiger partial charge in [0.2, 0.25) is 0 Å². The molecule has 3 rings (SSSR count). The van der Waals surface area contributed by atoms with Gasteiger partial charge in [0.1, 0.15) is 0 Å². The molecular weight excluding hydrogens is 484 g/mol. The van der Waals surface area contributed by atoms with E-state index in [1.165, 1.54) is 193 Å². The third-order valence-electron chi connectivity index (χ3n) is 7.67. The molecule has 0 heterocycles. The number of carboxylic acid groups (broad SMARTS) is 1. The molecule has 3 aliphatic carbocycles. The Morgan fingerprint density at radius 1 is 0.359 bits per heavy atom. The Kier molecular flexibility index (Phi) is 48.2. The molecule has 0 aromatic carbocycles. The Morgan fingerprint density at radius 3 is 0.436 bits per heavy atom. The van der Waals surface area contributed by atoms with E-state index in [1.807, 2.05) is 0 Å². The smallest absolute Gasteiger partial charge is 0.327 e. The van der Waals surface area contributed by atoms with Crippen molar-refractivity contribution in [3.8, 4) is 0 Å². The molecule has 0 bridgehead atoms. The fourth-order valence-electron chi connectivity index (χ4n) is 5.30. The summed E-state index contributed by atoms with van der Waals surface area (Å²) in [6.07, 6.45) is 45.8. The molecule has 0 radical (unpaired) electrons. The van der Waals surface area contributed by atoms with E-state index in [2.05, 4.69) is 6.58 Å². The van der Waals surface area contributed by atoms with Crippen LogP contribution in [0.1, 0.15) is 193 Å². The normalized spacial score (nSPS) is 19.6. The Bertz CT molecular complexity index is 278. The summed E-state index contributed by atoms with van der Waals surface area (Å²) in [7, 11) is 2.00. The zero-order valence-corrected chi connectivity index (χ0v) is 26.7. The number of aliphatic hydroxyl groups excluding tert-OH is 2. The van der Waals surface area contributed by atoms with E-state index in [-0.39, 0.29) is 0 Å². The highest BCUT2D eigenvalue weighted by Crippen LogP contribution is 2.17. The first-order valence-corrected chi connectivity index (χ1v) is 17.0. The Labute approximate surface area is 245 Å². The van der Waals surface area contributed by atoms with Crippen LogP contribution in [-0.4, -0.2) is 35.5 Å². The van der Waals surface area contributed by atoms with E-state index in [1.54, 1.807) is 0 Å². The van der Waals surface area contributed by atoms with Crippen LogP contribution in [0.25, 0.3) is 0 Å². The van der Waals surface area contributed by atoms with Crippen LogP contribution in [0, 0.1) is 0 Å². The SMILES string of the molecule is C1CCCCCCCCC1.C1CCCCCCCCC1.C1CCCCCCCCC1.C=CC(=O)O.CO.CO. The molecule has 0 atom stereocenters. The molecule has 3 saturated carbocycles. The summed E-state index contributed by atoms with van der Waals surface area (Å²) in [4.78, 5) is 9.25. The maximum absolute atomic E-state index is 9.25. The summed E-state index contributed by atoms with van der Waals surface area (Å²) < 4.78 is 0. The Morgan fingerprint density at radius 2 is 0.410 bits per heavy atom. The number of carboxylic acids is 1. The minimum Gasteiger partial charge on any atom is -0.478 e. The van der Waals surface area contributed by atoms with Crippen molar-refractivity contribution in [2.24, 2.45) is 0 Å². The molecule has 39 heavy (non-hydrogen) atoms. The van der Waals surface area contributed by atoms with Gasteiger partial charge in [0, 0.05) is 20.3 Å². The molecule has 3 N–H and O–H groups in total. The number of aliphatic carboxylic acids is 1. The van der Waals surface area contributed by atoms with Crippen LogP contribution < -0.4 is 0 Å². The summed E-state index contributed by atoms with van der Waals surface area (Å²) in [6.45, 7) is 2.96. The van der Waals surface area contributed by atoms with Crippen LogP contribution in [-0.2, 0) is 4.79 Å². The van der Waals surface area contributed by atoms with Gasteiger partial charge in [-0.15, -0.1) is 0 Å². The van der Waals surface area contributed by atoms with E-state index >= 15 is 0 Å². The van der Waals surface area contributed by atoms with Gasteiger partial charge in [-0.05, 0) is 0 Å². The van der Waals surface area contributed by atoms with Crippen LogP contribution in [0.5, 0.6) is 0 Å². The quantitative estimate of drug-likeness (QED) is 0.281. The molecule has 4 nitrogen and oxygen atoms in total. The second-order valence-electron chi connectivity index (χ2n) is 11.1. The minimum absolute atomic E-state index is 0.833. The van der Waals surface area contributed by atoms with Crippen molar-refractivity contribution >= 4 is 5.97 Å². The highest BCUT2D eigenvalue weighted by molar-refractivity contribution is 5.78. The van der Waals surface area contributed by atoms with Gasteiger partial charge in [0.15, 0.2) is 0 Å². The predicted molar refractivity (Wildman–Crippen MR) is 173 cm³/mol. The lowest BCUT2D eigenvalue weighted by Gasteiger charge is -2.05. The number of aliphatic hydroxyl groups is 2. The largest absolute Gasteiger partial charge is 0.478 e. The van der Waals surface area contributed by atoms with Gasteiger partial charge in [-0.25, -0.2) is 4.79 Å². The minimum atomic E-state index is -0.981. The molecule has 0 aromatic rings. The first kappa shape index (κ1) is 42.6. The third kappa shape index (κ3) is 47.3. The third-order valence-corrected chi connectivity index (χ3v) is 7.67. The molecule has 0 unspecified atom stereocenters. The van der Waals surface area contributed by atoms with Crippen LogP contribution >= 0.6 is 0 Å². The fourth-order valence-corrected chi connectivity index (χ4v) is 5.30. The average Bonchev–Trinajstić information content (AvgIpc) is 3.01. The van der Waals surface area contributed by atoms with Gasteiger partial charge in [-0.2, -0.15) is 0 Å². The van der Waals surface area contributed by atoms with Crippen molar-refractivity contribution in [3.63, 3.8) is 0 Å². The summed E-state index contributed by atoms with van der Waals surface area (Å²) in [5.74, 6) is -0.981. The maximum atomic E-state index is 9.25. The standard InChI is InChI=1S/3C10H20.C3H4O2.2CH4O/c3*1-2-4-6-8-10-9-7-5-3-1;1-2-3(4)5;2*1-2/h3*1-10H2;2H,1H2,(H,4,5);2*2H,1H3. The van der Waals surface area contributed by atoms with E-state index in [0.29, 0.717) is 0 Å². The number of rotatable bonds is 1. The first-order chi connectivity index (χ1) is 19.3. The summed E-state index contributed by atoms with van der Waals surface area (Å²) in [6, 6.07) is 0. The Hall–Kier alpha value is -0.870. The van der Waals surface area contributed by atoms with Crippen molar-refractivity contribution in [1.29, 1.82) is 0 Å². The average molecular weight is 557 g/mol. The molecule has 3 aliphatic rings. The zero-order chi connectivity index (χ0) is 29.5. The summed E-state index contributed by atoms with van der Waals surface area (Å²) in [5, 5.41) is 21.6. The van der Waals surface area contributed by atoms with E-state index in [9.17, 15) is 4.79 Å². The lowest BCUT2D eigenvalue weighted by atomic mass is 10.0. The molecule has 0 aromatic heterocycles. The second kappa shape index (κ2) is 44.2. The van der Waals surface area contributed by atoms with Crippen LogP contribution in [0.3, 0.4) is 0 Å². The van der Waals surface area contributed by atoms with Gasteiger partial charge in [-0.3, -0.25) is 0 Å². The fraction of sp³-hybridized carbons (Fsp3) is 0.914. The molecule has 3 fully saturated rings. The monoisotopic (exact) mass is 557 g/mol. The van der Waals surface area contributed by atoms with Crippen molar-refractivity contribution in [3.05, 3.63) is 12.7 Å². The topological polar surface area (TPSA) is 77.8 Å². The second-order valence-corrected chi connectivity index (χ2v) is 11.1. The highest BCUT2D eigenvalue weighted by atomic mass is 16.4. The van der Waals surface area contributed by atoms with Gasteiger partial charge in [-0.1, -0.05) is 199 Å².